The second-order valence-corrected chi connectivity index (χ2v) is 7.80. The molecule has 3 N–H and O–H groups in total. The average molecular weight is 368 g/mol. The van der Waals surface area contributed by atoms with E-state index < -0.39 is 5.91 Å². The second-order valence-electron chi connectivity index (χ2n) is 5.66. The minimum Gasteiger partial charge on any atom is -0.368 e. The summed E-state index contributed by atoms with van der Waals surface area (Å²) in [5.74, 6) is -0.875. The first kappa shape index (κ1) is 18.5. The molecular weight excluding hydrogens is 348 g/mol. The lowest BCUT2D eigenvalue weighted by molar-refractivity contribution is -0.123. The van der Waals surface area contributed by atoms with Crippen LogP contribution in [0, 0.1) is 13.8 Å². The van der Waals surface area contributed by atoms with Crippen LogP contribution in [0.3, 0.4) is 0 Å². The van der Waals surface area contributed by atoms with Crippen molar-refractivity contribution in [3.8, 4) is 0 Å². The molecule has 0 unspecified atom stereocenters. The summed E-state index contributed by atoms with van der Waals surface area (Å²) in [5.41, 5.74) is 5.86. The van der Waals surface area contributed by atoms with Crippen LogP contribution in [0.2, 0.25) is 0 Å². The second kappa shape index (κ2) is 7.35. The summed E-state index contributed by atoms with van der Waals surface area (Å²) in [6, 6.07) is -0.0785. The molecule has 7 nitrogen and oxygen atoms in total. The first-order valence-corrected chi connectivity index (χ1v) is 9.22. The third-order valence-corrected chi connectivity index (χ3v) is 5.57. The van der Waals surface area contributed by atoms with Crippen molar-refractivity contribution in [1.82, 2.24) is 14.9 Å². The molecular formula is C15H20N4O3S2. The molecule has 2 rings (SSSR count). The lowest BCUT2D eigenvalue weighted by atomic mass is 10.2. The quantitative estimate of drug-likeness (QED) is 0.591. The lowest BCUT2D eigenvalue weighted by Gasteiger charge is -2.15. The van der Waals surface area contributed by atoms with Gasteiger partial charge in [0, 0.05) is 10.9 Å². The summed E-state index contributed by atoms with van der Waals surface area (Å²) < 4.78 is 1.60. The summed E-state index contributed by atoms with van der Waals surface area (Å²) >= 11 is 2.65. The Labute approximate surface area is 147 Å². The van der Waals surface area contributed by atoms with Crippen LogP contribution in [0.25, 0.3) is 10.2 Å². The molecule has 0 aliphatic rings. The fourth-order valence-corrected chi connectivity index (χ4v) is 4.24. The first-order valence-electron chi connectivity index (χ1n) is 7.42. The third-order valence-electron chi connectivity index (χ3n) is 3.51. The molecule has 2 amide bonds. The predicted octanol–water partition coefficient (Wildman–Crippen LogP) is 1.35. The van der Waals surface area contributed by atoms with E-state index in [1.165, 1.54) is 23.1 Å². The number of thiophene rings is 1. The Kier molecular flexibility index (Phi) is 5.66. The monoisotopic (exact) mass is 368 g/mol. The van der Waals surface area contributed by atoms with E-state index in [0.717, 1.165) is 10.4 Å². The summed E-state index contributed by atoms with van der Waals surface area (Å²) in [4.78, 5) is 41.6. The first-order chi connectivity index (χ1) is 11.2. The molecule has 0 saturated heterocycles. The highest BCUT2D eigenvalue weighted by molar-refractivity contribution is 7.99. The Bertz CT molecular complexity index is 855. The highest BCUT2D eigenvalue weighted by atomic mass is 32.2. The van der Waals surface area contributed by atoms with Gasteiger partial charge in [0.05, 0.1) is 17.7 Å². The van der Waals surface area contributed by atoms with Crippen LogP contribution in [-0.4, -0.2) is 33.7 Å². The van der Waals surface area contributed by atoms with Gasteiger partial charge < -0.3 is 11.1 Å². The molecule has 0 fully saturated rings. The predicted molar refractivity (Wildman–Crippen MR) is 96.7 cm³/mol. The zero-order chi connectivity index (χ0) is 18.0. The topological polar surface area (TPSA) is 107 Å². The van der Waals surface area contributed by atoms with Crippen LogP contribution in [0.5, 0.6) is 0 Å². The number of hydrogen-bond acceptors (Lipinski definition) is 6. The minimum absolute atomic E-state index is 0.0568. The largest absolute Gasteiger partial charge is 0.368 e. The fraction of sp³-hybridized carbons (Fsp3) is 0.467. The van der Waals surface area contributed by atoms with Gasteiger partial charge in [0.2, 0.25) is 11.8 Å². The average Bonchev–Trinajstić information content (AvgIpc) is 2.77. The highest BCUT2D eigenvalue weighted by Crippen LogP contribution is 2.29. The van der Waals surface area contributed by atoms with Crippen LogP contribution >= 0.6 is 23.1 Å². The molecule has 0 aliphatic carbocycles. The number of amides is 2. The van der Waals surface area contributed by atoms with Gasteiger partial charge in [-0.15, -0.1) is 11.3 Å². The number of fused-ring (bicyclic) bond motifs is 1. The van der Waals surface area contributed by atoms with Crippen LogP contribution in [0.1, 0.15) is 30.3 Å². The number of primary amides is 1. The molecule has 24 heavy (non-hydrogen) atoms. The summed E-state index contributed by atoms with van der Waals surface area (Å²) in [5, 5.41) is 3.56. The molecule has 0 spiro atoms. The number of thioether (sulfide) groups is 1. The maximum absolute atomic E-state index is 12.8. The Morgan fingerprint density at radius 3 is 2.62 bits per heavy atom. The number of nitrogens with one attached hydrogen (secondary N) is 1. The number of carbonyl (C=O) groups excluding carboxylic acids is 2. The molecule has 130 valence electrons. The maximum Gasteiger partial charge on any atom is 0.263 e. The van der Waals surface area contributed by atoms with E-state index in [9.17, 15) is 14.4 Å². The molecule has 9 heteroatoms. The Morgan fingerprint density at radius 2 is 2.04 bits per heavy atom. The van der Waals surface area contributed by atoms with Crippen molar-refractivity contribution in [2.75, 3.05) is 12.3 Å². The summed E-state index contributed by atoms with van der Waals surface area (Å²) in [6.45, 7) is 7.49. The number of nitrogens with two attached hydrogens (primary N) is 1. The zero-order valence-electron chi connectivity index (χ0n) is 14.0. The molecule has 0 bridgehead atoms. The van der Waals surface area contributed by atoms with Crippen LogP contribution in [0.15, 0.2) is 9.95 Å². The van der Waals surface area contributed by atoms with Gasteiger partial charge in [0.15, 0.2) is 5.16 Å². The van der Waals surface area contributed by atoms with Crippen LogP contribution in [0.4, 0.5) is 0 Å². The van der Waals surface area contributed by atoms with Gasteiger partial charge in [-0.3, -0.25) is 19.0 Å². The van der Waals surface area contributed by atoms with E-state index in [0.29, 0.717) is 15.4 Å². The smallest absolute Gasteiger partial charge is 0.263 e. The van der Waals surface area contributed by atoms with Crippen molar-refractivity contribution in [3.63, 3.8) is 0 Å². The number of rotatable bonds is 6. The normalized spacial score (nSPS) is 11.2. The van der Waals surface area contributed by atoms with Gasteiger partial charge in [-0.25, -0.2) is 4.98 Å². The number of carbonyl (C=O) groups is 2. The summed E-state index contributed by atoms with van der Waals surface area (Å²) in [6.07, 6.45) is 0. The molecule has 0 atom stereocenters. The van der Waals surface area contributed by atoms with E-state index >= 15 is 0 Å². The van der Waals surface area contributed by atoms with Gasteiger partial charge in [-0.2, -0.15) is 0 Å². The standard InChI is InChI=1S/C15H20N4O3S2/c1-7(2)19-14(22)12-8(3)9(4)24-13(12)18-15(19)23-6-11(21)17-5-10(16)20/h7H,5-6H2,1-4H3,(H2,16,20)(H,17,21). The van der Waals surface area contributed by atoms with Gasteiger partial charge in [0.25, 0.3) is 5.56 Å². The van der Waals surface area contributed by atoms with Crippen LogP contribution in [-0.2, 0) is 9.59 Å². The van der Waals surface area contributed by atoms with E-state index in [1.807, 2.05) is 27.7 Å². The van der Waals surface area contributed by atoms with Gasteiger partial charge in [-0.1, -0.05) is 11.8 Å². The van der Waals surface area contributed by atoms with Gasteiger partial charge >= 0.3 is 0 Å². The lowest BCUT2D eigenvalue weighted by Crippen LogP contribution is -2.34. The molecule has 0 aromatic carbocycles. The SMILES string of the molecule is Cc1sc2nc(SCC(=O)NCC(N)=O)n(C(C)C)c(=O)c2c1C. The van der Waals surface area contributed by atoms with E-state index in [-0.39, 0.29) is 29.8 Å². The van der Waals surface area contributed by atoms with Crippen molar-refractivity contribution < 1.29 is 9.59 Å². The van der Waals surface area contributed by atoms with E-state index in [4.69, 9.17) is 5.73 Å². The number of nitrogens with zero attached hydrogens (tertiary/aromatic N) is 2. The van der Waals surface area contributed by atoms with E-state index in [2.05, 4.69) is 10.3 Å². The van der Waals surface area contributed by atoms with Crippen molar-refractivity contribution in [3.05, 3.63) is 20.8 Å². The maximum atomic E-state index is 12.8. The summed E-state index contributed by atoms with van der Waals surface area (Å²) in [7, 11) is 0. The third kappa shape index (κ3) is 3.78. The van der Waals surface area contributed by atoms with E-state index in [1.54, 1.807) is 4.57 Å². The zero-order valence-corrected chi connectivity index (χ0v) is 15.6. The number of aryl methyl sites for hydroxylation is 2. The molecule has 0 radical (unpaired) electrons. The van der Waals surface area contributed by atoms with Gasteiger partial charge in [0.1, 0.15) is 4.83 Å². The Balaban J connectivity index is 2.35. The molecule has 0 aliphatic heterocycles. The number of aromatic nitrogens is 2. The Morgan fingerprint density at radius 1 is 1.38 bits per heavy atom. The minimum atomic E-state index is -0.600. The van der Waals surface area contributed by atoms with Crippen molar-refractivity contribution in [2.45, 2.75) is 38.9 Å². The molecule has 2 heterocycles. The van der Waals surface area contributed by atoms with Crippen LogP contribution < -0.4 is 16.6 Å². The molecule has 2 aromatic heterocycles. The highest BCUT2D eigenvalue weighted by Gasteiger charge is 2.19. The van der Waals surface area contributed by atoms with Crippen molar-refractivity contribution in [2.24, 2.45) is 5.73 Å². The van der Waals surface area contributed by atoms with Gasteiger partial charge in [-0.05, 0) is 33.3 Å². The molecule has 0 saturated carbocycles. The van der Waals surface area contributed by atoms with Crippen molar-refractivity contribution >= 4 is 45.1 Å². The fourth-order valence-electron chi connectivity index (χ4n) is 2.21. The van der Waals surface area contributed by atoms with Crippen molar-refractivity contribution in [1.29, 1.82) is 0 Å². The number of hydrogen-bond donors (Lipinski definition) is 2. The molecule has 2 aromatic rings. The Hall–Kier alpha value is -1.87.